The number of H-pyrrole nitrogens is 1. The Bertz CT molecular complexity index is 628. The van der Waals surface area contributed by atoms with Crippen LogP contribution >= 0.6 is 0 Å². The molecule has 6 nitrogen and oxygen atoms in total. The van der Waals surface area contributed by atoms with Gasteiger partial charge in [0, 0.05) is 12.5 Å². The average Bonchev–Trinajstić information content (AvgIpc) is 2.94. The molecule has 1 aliphatic carbocycles. The lowest BCUT2D eigenvalue weighted by Crippen LogP contribution is -2.17. The molecule has 2 N–H and O–H groups in total. The van der Waals surface area contributed by atoms with Crippen molar-refractivity contribution in [2.75, 3.05) is 6.61 Å². The van der Waals surface area contributed by atoms with Gasteiger partial charge in [-0.1, -0.05) is 12.2 Å². The molecule has 6 heteroatoms. The van der Waals surface area contributed by atoms with E-state index in [9.17, 15) is 9.90 Å². The van der Waals surface area contributed by atoms with Gasteiger partial charge in [-0.15, -0.1) is 0 Å². The van der Waals surface area contributed by atoms with Gasteiger partial charge >= 0.3 is 0 Å². The quantitative estimate of drug-likeness (QED) is 0.726. The van der Waals surface area contributed by atoms with Gasteiger partial charge in [0.2, 0.25) is 0 Å². The molecule has 0 unspecified atom stereocenters. The summed E-state index contributed by atoms with van der Waals surface area (Å²) < 4.78 is 1.84. The number of rotatable bonds is 2. The molecule has 0 bridgehead atoms. The summed E-state index contributed by atoms with van der Waals surface area (Å²) in [6.45, 7) is 0.112. The topological polar surface area (TPSA) is 83.8 Å². The van der Waals surface area contributed by atoms with E-state index in [0.29, 0.717) is 11.2 Å². The van der Waals surface area contributed by atoms with Gasteiger partial charge in [0.1, 0.15) is 0 Å². The number of fused-ring (bicyclic) bond motifs is 1. The zero-order valence-electron chi connectivity index (χ0n) is 9.08. The van der Waals surface area contributed by atoms with Crippen LogP contribution in [0.5, 0.6) is 0 Å². The van der Waals surface area contributed by atoms with E-state index in [4.69, 9.17) is 0 Å². The molecule has 0 spiro atoms. The fourth-order valence-electron chi connectivity index (χ4n) is 2.27. The SMILES string of the molecule is O=c1[nH]cnc2c1ncn2[C@@H]1C=CC[C@@H]1CO. The van der Waals surface area contributed by atoms with Crippen LogP contribution in [0.4, 0.5) is 0 Å². The molecule has 2 heterocycles. The summed E-state index contributed by atoms with van der Waals surface area (Å²) in [5.41, 5.74) is 0.657. The first-order valence-corrected chi connectivity index (χ1v) is 5.49. The highest BCUT2D eigenvalue weighted by Crippen LogP contribution is 2.30. The van der Waals surface area contributed by atoms with E-state index < -0.39 is 0 Å². The van der Waals surface area contributed by atoms with Crippen LogP contribution in [-0.2, 0) is 0 Å². The molecule has 0 saturated carbocycles. The molecule has 17 heavy (non-hydrogen) atoms. The molecule has 0 amide bonds. The van der Waals surface area contributed by atoms with E-state index in [0.717, 1.165) is 6.42 Å². The molecule has 0 radical (unpaired) electrons. The number of imidazole rings is 1. The van der Waals surface area contributed by atoms with E-state index in [-0.39, 0.29) is 24.1 Å². The van der Waals surface area contributed by atoms with Gasteiger partial charge in [-0.3, -0.25) is 4.79 Å². The predicted octanol–water partition coefficient (Wildman–Crippen LogP) is 0.229. The third-order valence-electron chi connectivity index (χ3n) is 3.18. The molecule has 0 aliphatic heterocycles. The Morgan fingerprint density at radius 2 is 2.41 bits per heavy atom. The van der Waals surface area contributed by atoms with Crippen LogP contribution in [0.25, 0.3) is 11.2 Å². The van der Waals surface area contributed by atoms with Gasteiger partial charge < -0.3 is 14.7 Å². The Labute approximate surface area is 96.6 Å². The first kappa shape index (κ1) is 10.2. The summed E-state index contributed by atoms with van der Waals surface area (Å²) >= 11 is 0. The fourth-order valence-corrected chi connectivity index (χ4v) is 2.27. The van der Waals surface area contributed by atoms with Crippen molar-refractivity contribution in [3.05, 3.63) is 35.2 Å². The van der Waals surface area contributed by atoms with Gasteiger partial charge in [0.25, 0.3) is 5.56 Å². The minimum atomic E-state index is -0.240. The molecule has 2 atom stereocenters. The highest BCUT2D eigenvalue weighted by atomic mass is 16.3. The van der Waals surface area contributed by atoms with Crippen molar-refractivity contribution in [1.29, 1.82) is 0 Å². The van der Waals surface area contributed by atoms with Crippen molar-refractivity contribution in [1.82, 2.24) is 19.5 Å². The summed E-state index contributed by atoms with van der Waals surface area (Å²) in [6.07, 6.45) is 7.87. The maximum atomic E-state index is 11.5. The number of nitrogens with one attached hydrogen (secondary N) is 1. The lowest BCUT2D eigenvalue weighted by molar-refractivity contribution is 0.205. The standard InChI is InChI=1S/C11H12N4O2/c16-4-7-2-1-3-8(7)15-6-14-9-10(15)12-5-13-11(9)17/h1,3,5-8,16H,2,4H2,(H,12,13,17)/t7-,8-/m1/s1. The molecule has 0 fully saturated rings. The largest absolute Gasteiger partial charge is 0.396 e. The Kier molecular flexibility index (Phi) is 2.29. The normalized spacial score (nSPS) is 23.6. The Balaban J connectivity index is 2.15. The van der Waals surface area contributed by atoms with Crippen molar-refractivity contribution >= 4 is 11.2 Å². The molecule has 2 aromatic heterocycles. The smallest absolute Gasteiger partial charge is 0.278 e. The Morgan fingerprint density at radius 3 is 3.24 bits per heavy atom. The van der Waals surface area contributed by atoms with Crippen molar-refractivity contribution in [3.8, 4) is 0 Å². The van der Waals surface area contributed by atoms with Crippen LogP contribution in [-0.4, -0.2) is 31.2 Å². The van der Waals surface area contributed by atoms with E-state index in [1.54, 1.807) is 6.33 Å². The van der Waals surface area contributed by atoms with Gasteiger partial charge in [-0.25, -0.2) is 9.97 Å². The van der Waals surface area contributed by atoms with E-state index >= 15 is 0 Å². The minimum absolute atomic E-state index is 0.0271. The number of aliphatic hydroxyl groups excluding tert-OH is 1. The van der Waals surface area contributed by atoms with E-state index in [1.807, 2.05) is 16.7 Å². The van der Waals surface area contributed by atoms with E-state index in [2.05, 4.69) is 15.0 Å². The van der Waals surface area contributed by atoms with Crippen LogP contribution < -0.4 is 5.56 Å². The number of hydrogen-bond donors (Lipinski definition) is 2. The average molecular weight is 232 g/mol. The lowest BCUT2D eigenvalue weighted by Gasteiger charge is -2.18. The molecular weight excluding hydrogens is 220 g/mol. The third-order valence-corrected chi connectivity index (χ3v) is 3.18. The van der Waals surface area contributed by atoms with Gasteiger partial charge in [0.15, 0.2) is 11.2 Å². The lowest BCUT2D eigenvalue weighted by atomic mass is 10.0. The molecule has 0 saturated heterocycles. The number of allylic oxidation sites excluding steroid dienone is 2. The minimum Gasteiger partial charge on any atom is -0.396 e. The second-order valence-corrected chi connectivity index (χ2v) is 4.15. The zero-order valence-corrected chi connectivity index (χ0v) is 9.08. The molecule has 1 aliphatic rings. The molecule has 0 aromatic carbocycles. The maximum absolute atomic E-state index is 11.5. The van der Waals surface area contributed by atoms with Crippen LogP contribution in [0, 0.1) is 5.92 Å². The van der Waals surface area contributed by atoms with Crippen LogP contribution in [0.3, 0.4) is 0 Å². The summed E-state index contributed by atoms with van der Waals surface area (Å²) in [6, 6.07) is 0.0271. The third kappa shape index (κ3) is 1.49. The number of hydrogen-bond acceptors (Lipinski definition) is 4. The van der Waals surface area contributed by atoms with E-state index in [1.165, 1.54) is 6.33 Å². The van der Waals surface area contributed by atoms with Crippen molar-refractivity contribution in [2.45, 2.75) is 12.5 Å². The Hall–Kier alpha value is -1.95. The molecule has 2 aromatic rings. The monoisotopic (exact) mass is 232 g/mol. The summed E-state index contributed by atoms with van der Waals surface area (Å²) in [7, 11) is 0. The highest BCUT2D eigenvalue weighted by Gasteiger charge is 2.25. The molecular formula is C11H12N4O2. The van der Waals surface area contributed by atoms with Crippen LogP contribution in [0.1, 0.15) is 12.5 Å². The molecule has 3 rings (SSSR count). The molecule has 88 valence electrons. The second-order valence-electron chi connectivity index (χ2n) is 4.15. The fraction of sp³-hybridized carbons (Fsp3) is 0.364. The van der Waals surface area contributed by atoms with Gasteiger partial charge in [-0.05, 0) is 6.42 Å². The number of nitrogens with zero attached hydrogens (tertiary/aromatic N) is 3. The summed E-state index contributed by atoms with van der Waals surface area (Å²) in [5.74, 6) is 0.133. The predicted molar refractivity (Wildman–Crippen MR) is 61.5 cm³/mol. The number of aliphatic hydroxyl groups is 1. The maximum Gasteiger partial charge on any atom is 0.278 e. The van der Waals surface area contributed by atoms with Crippen molar-refractivity contribution in [2.24, 2.45) is 5.92 Å². The van der Waals surface area contributed by atoms with Gasteiger partial charge in [0.05, 0.1) is 18.7 Å². The Morgan fingerprint density at radius 1 is 1.53 bits per heavy atom. The number of aromatic nitrogens is 4. The van der Waals surface area contributed by atoms with Crippen LogP contribution in [0.2, 0.25) is 0 Å². The van der Waals surface area contributed by atoms with Crippen molar-refractivity contribution in [3.63, 3.8) is 0 Å². The summed E-state index contributed by atoms with van der Waals surface area (Å²) in [4.78, 5) is 22.2. The van der Waals surface area contributed by atoms with Gasteiger partial charge in [-0.2, -0.15) is 0 Å². The first-order chi connectivity index (χ1) is 8.31. The second kappa shape index (κ2) is 3.81. The first-order valence-electron chi connectivity index (χ1n) is 5.49. The summed E-state index contributed by atoms with van der Waals surface area (Å²) in [5, 5.41) is 9.30. The highest BCUT2D eigenvalue weighted by molar-refractivity contribution is 5.69. The zero-order chi connectivity index (χ0) is 11.8. The van der Waals surface area contributed by atoms with Crippen LogP contribution in [0.15, 0.2) is 29.6 Å². The number of aromatic amines is 1. The van der Waals surface area contributed by atoms with Crippen molar-refractivity contribution < 1.29 is 5.11 Å².